The number of carbonyl (C=O) groups is 2. The van der Waals surface area contributed by atoms with E-state index in [9.17, 15) is 19.0 Å². The number of unbranched alkanes of at least 4 members (excludes halogenated alkanes) is 39. The first-order valence-corrected chi connectivity index (χ1v) is 36.1. The van der Waals surface area contributed by atoms with Crippen molar-refractivity contribution in [2.45, 2.75) is 341 Å². The molecule has 1 N–H and O–H groups in total. The molecule has 0 saturated heterocycles. The third kappa shape index (κ3) is 62.1. The molecule has 10 heteroatoms. The number of phosphoric ester groups is 1. The fourth-order valence-corrected chi connectivity index (χ4v) is 10.8. The highest BCUT2D eigenvalue weighted by atomic mass is 31.2. The van der Waals surface area contributed by atoms with Gasteiger partial charge >= 0.3 is 5.97 Å². The predicted octanol–water partition coefficient (Wildman–Crippen LogP) is 21.2. The zero-order valence-electron chi connectivity index (χ0n) is 54.2. The van der Waals surface area contributed by atoms with Crippen molar-refractivity contribution in [2.24, 2.45) is 0 Å². The zero-order chi connectivity index (χ0) is 59.3. The Morgan fingerprint density at radius 1 is 0.432 bits per heavy atom. The zero-order valence-corrected chi connectivity index (χ0v) is 55.1. The SMILES string of the molecule is CCCCC/C=C\C/C=C\CCCCCCCCCCCCCCCC(=O)OC(/C=C/CCCCCCCCCCCCC)C(COP(=O)([O-])OCC[N+](C)(C)C)NC(=O)CCCCCCCCCCC/C=C\C/C=C\CCCCC. The van der Waals surface area contributed by atoms with Gasteiger partial charge in [-0.1, -0.05) is 281 Å². The van der Waals surface area contributed by atoms with Gasteiger partial charge in [-0.2, -0.15) is 0 Å². The molecule has 1 amide bonds. The minimum atomic E-state index is -4.70. The summed E-state index contributed by atoms with van der Waals surface area (Å²) in [6, 6.07) is -0.892. The molecule has 0 aliphatic heterocycles. The lowest BCUT2D eigenvalue weighted by Crippen LogP contribution is -2.47. The number of allylic oxidation sites excluding steroid dienone is 9. The summed E-state index contributed by atoms with van der Waals surface area (Å²) in [5.74, 6) is -0.535. The lowest BCUT2D eigenvalue weighted by Gasteiger charge is -2.30. The second-order valence-electron chi connectivity index (χ2n) is 24.7. The van der Waals surface area contributed by atoms with E-state index in [1.54, 1.807) is 0 Å². The smallest absolute Gasteiger partial charge is 0.306 e. The Balaban J connectivity index is 5.14. The third-order valence-corrected chi connectivity index (χ3v) is 16.4. The summed E-state index contributed by atoms with van der Waals surface area (Å²) < 4.78 is 30.4. The number of ether oxygens (including phenoxy) is 1. The van der Waals surface area contributed by atoms with E-state index < -0.39 is 20.0 Å². The van der Waals surface area contributed by atoms with Crippen LogP contribution in [0.3, 0.4) is 0 Å². The number of hydrogen-bond donors (Lipinski definition) is 1. The minimum absolute atomic E-state index is 0.0233. The van der Waals surface area contributed by atoms with Crippen molar-refractivity contribution >= 4 is 19.7 Å². The van der Waals surface area contributed by atoms with Gasteiger partial charge in [-0.25, -0.2) is 0 Å². The minimum Gasteiger partial charge on any atom is -0.756 e. The maximum absolute atomic E-state index is 13.6. The Labute approximate surface area is 502 Å². The van der Waals surface area contributed by atoms with Gasteiger partial charge in [0, 0.05) is 12.8 Å². The van der Waals surface area contributed by atoms with Crippen LogP contribution in [0, 0.1) is 0 Å². The standard InChI is InChI=1S/C71H133N2O7P/c1-7-10-13-16-19-22-25-28-30-32-34-35-36-37-39-41-43-46-49-52-55-58-61-64-71(75)80-69(62-59-56-53-50-47-44-27-24-21-18-15-12-9-3)68(67-79-81(76,77)78-66-65-73(4,5)6)72-70(74)63-60-57-54-51-48-45-42-40-38-33-31-29-26-23-20-17-14-11-8-2/h19-20,22-23,28-31,59,62,68-69H,7-18,21,24-27,32-58,60-61,63-67H2,1-6H3,(H-,72,74,76,77)/b22-19-,23-20-,30-28-,31-29-,62-59+. The first kappa shape index (κ1) is 78.7. The quantitative estimate of drug-likeness (QED) is 0.0212. The first-order chi connectivity index (χ1) is 39.4. The van der Waals surface area contributed by atoms with Gasteiger partial charge in [-0.05, 0) is 96.0 Å². The van der Waals surface area contributed by atoms with Crippen LogP contribution in [-0.4, -0.2) is 69.4 Å². The molecule has 0 aromatic heterocycles. The summed E-state index contributed by atoms with van der Waals surface area (Å²) in [4.78, 5) is 40.2. The van der Waals surface area contributed by atoms with E-state index in [2.05, 4.69) is 74.7 Å². The molecule has 0 aliphatic rings. The van der Waals surface area contributed by atoms with Crippen LogP contribution in [0.25, 0.3) is 0 Å². The van der Waals surface area contributed by atoms with Crippen LogP contribution >= 0.6 is 7.82 Å². The molecule has 81 heavy (non-hydrogen) atoms. The van der Waals surface area contributed by atoms with Gasteiger partial charge in [-0.15, -0.1) is 0 Å². The molecule has 0 spiro atoms. The molecule has 3 unspecified atom stereocenters. The second-order valence-corrected chi connectivity index (χ2v) is 26.1. The molecule has 474 valence electrons. The normalized spacial score (nSPS) is 13.9. The highest BCUT2D eigenvalue weighted by Gasteiger charge is 2.27. The van der Waals surface area contributed by atoms with E-state index in [1.807, 2.05) is 33.3 Å². The van der Waals surface area contributed by atoms with Crippen molar-refractivity contribution in [2.75, 3.05) is 40.9 Å². The largest absolute Gasteiger partial charge is 0.756 e. The maximum Gasteiger partial charge on any atom is 0.306 e. The lowest BCUT2D eigenvalue weighted by molar-refractivity contribution is -0.870. The van der Waals surface area contributed by atoms with Gasteiger partial charge in [0.2, 0.25) is 5.91 Å². The van der Waals surface area contributed by atoms with Crippen molar-refractivity contribution < 1.29 is 37.3 Å². The van der Waals surface area contributed by atoms with E-state index in [0.29, 0.717) is 17.4 Å². The summed E-state index contributed by atoms with van der Waals surface area (Å²) >= 11 is 0. The van der Waals surface area contributed by atoms with E-state index in [0.717, 1.165) is 83.5 Å². The third-order valence-electron chi connectivity index (χ3n) is 15.4. The second kappa shape index (κ2) is 60.8. The van der Waals surface area contributed by atoms with Gasteiger partial charge < -0.3 is 28.5 Å². The number of nitrogens with one attached hydrogen (secondary N) is 1. The average molecular weight is 1160 g/mol. The van der Waals surface area contributed by atoms with Crippen molar-refractivity contribution in [3.05, 3.63) is 60.8 Å². The van der Waals surface area contributed by atoms with E-state index in [-0.39, 0.29) is 31.5 Å². The number of quaternary nitrogens is 1. The van der Waals surface area contributed by atoms with Gasteiger partial charge in [0.25, 0.3) is 7.82 Å². The van der Waals surface area contributed by atoms with Gasteiger partial charge in [-0.3, -0.25) is 14.2 Å². The Morgan fingerprint density at radius 2 is 0.753 bits per heavy atom. The topological polar surface area (TPSA) is 114 Å². The molecule has 0 saturated carbocycles. The monoisotopic (exact) mass is 1160 g/mol. The van der Waals surface area contributed by atoms with Crippen molar-refractivity contribution in [3.63, 3.8) is 0 Å². The highest BCUT2D eigenvalue weighted by Crippen LogP contribution is 2.38. The molecule has 0 heterocycles. The Hall–Kier alpha value is -2.29. The number of nitrogens with zero attached hydrogens (tertiary/aromatic N) is 1. The Bertz CT molecular complexity index is 1570. The number of phosphoric acid groups is 1. The number of esters is 1. The van der Waals surface area contributed by atoms with Crippen LogP contribution in [0.2, 0.25) is 0 Å². The predicted molar refractivity (Wildman–Crippen MR) is 349 cm³/mol. The van der Waals surface area contributed by atoms with Crippen LogP contribution in [0.4, 0.5) is 0 Å². The number of likely N-dealkylation sites (N-methyl/N-ethyl adjacent to an activating group) is 1. The lowest BCUT2D eigenvalue weighted by atomic mass is 10.0. The highest BCUT2D eigenvalue weighted by molar-refractivity contribution is 7.45. The molecular weight excluding hydrogens is 1020 g/mol. The summed E-state index contributed by atoms with van der Waals surface area (Å²) in [7, 11) is 1.19. The number of amides is 1. The van der Waals surface area contributed by atoms with Crippen LogP contribution in [-0.2, 0) is 27.9 Å². The number of carbonyl (C=O) groups excluding carboxylic acids is 2. The molecule has 9 nitrogen and oxygen atoms in total. The van der Waals surface area contributed by atoms with Gasteiger partial charge in [0.15, 0.2) is 0 Å². The molecule has 0 bridgehead atoms. The van der Waals surface area contributed by atoms with Crippen LogP contribution in [0.1, 0.15) is 329 Å². The summed E-state index contributed by atoms with van der Waals surface area (Å²) in [5, 5.41) is 3.04. The average Bonchev–Trinajstić information content (AvgIpc) is 3.44. The molecule has 0 rings (SSSR count). The van der Waals surface area contributed by atoms with Crippen molar-refractivity contribution in [1.82, 2.24) is 5.32 Å². The van der Waals surface area contributed by atoms with Gasteiger partial charge in [0.05, 0.1) is 33.8 Å². The molecule has 0 radical (unpaired) electrons. The van der Waals surface area contributed by atoms with Crippen LogP contribution in [0.5, 0.6) is 0 Å². The van der Waals surface area contributed by atoms with Crippen LogP contribution in [0.15, 0.2) is 60.8 Å². The van der Waals surface area contributed by atoms with Crippen LogP contribution < -0.4 is 10.2 Å². The molecular formula is C71H133N2O7P. The van der Waals surface area contributed by atoms with Crippen molar-refractivity contribution in [3.8, 4) is 0 Å². The molecule has 3 atom stereocenters. The van der Waals surface area contributed by atoms with E-state index in [1.165, 1.54) is 212 Å². The Morgan fingerprint density at radius 3 is 1.14 bits per heavy atom. The fourth-order valence-electron chi connectivity index (χ4n) is 10.1. The van der Waals surface area contributed by atoms with E-state index in [4.69, 9.17) is 13.8 Å². The maximum atomic E-state index is 13.6. The molecule has 0 fully saturated rings. The first-order valence-electron chi connectivity index (χ1n) is 34.6. The summed E-state index contributed by atoms with van der Waals surface area (Å²) in [6.07, 6.45) is 77.6. The van der Waals surface area contributed by atoms with Gasteiger partial charge in [0.1, 0.15) is 19.3 Å². The Kier molecular flexibility index (Phi) is 59.1. The summed E-state index contributed by atoms with van der Waals surface area (Å²) in [6.45, 7) is 6.83. The van der Waals surface area contributed by atoms with E-state index >= 15 is 0 Å². The van der Waals surface area contributed by atoms with Crippen molar-refractivity contribution in [1.29, 1.82) is 0 Å². The fraction of sp³-hybridized carbons (Fsp3) is 0.831. The summed E-state index contributed by atoms with van der Waals surface area (Å²) in [5.41, 5.74) is 0. The number of hydrogen-bond acceptors (Lipinski definition) is 7. The molecule has 0 aromatic rings. The molecule has 0 aromatic carbocycles. The number of rotatable bonds is 63. The molecule has 0 aliphatic carbocycles.